The van der Waals surface area contributed by atoms with E-state index >= 15 is 0 Å². The fourth-order valence-electron chi connectivity index (χ4n) is 4.43. The van der Waals surface area contributed by atoms with Crippen LogP contribution in [0.1, 0.15) is 25.7 Å². The van der Waals surface area contributed by atoms with Gasteiger partial charge in [-0.25, -0.2) is 0 Å². The van der Waals surface area contributed by atoms with Gasteiger partial charge in [-0.3, -0.25) is 0 Å². The van der Waals surface area contributed by atoms with Crippen LogP contribution in [0.25, 0.3) is 0 Å². The van der Waals surface area contributed by atoms with E-state index in [1.807, 2.05) is 0 Å². The third-order valence-corrected chi connectivity index (χ3v) is 18.3. The van der Waals surface area contributed by atoms with Gasteiger partial charge in [0.15, 0.2) is 0 Å². The molecule has 0 aliphatic carbocycles. The van der Waals surface area contributed by atoms with E-state index in [1.54, 1.807) is 17.6 Å². The Kier molecular flexibility index (Phi) is 14.5. The second-order valence-electron chi connectivity index (χ2n) is 8.34. The van der Waals surface area contributed by atoms with Crippen LogP contribution in [0.5, 0.6) is 0 Å². The van der Waals surface area contributed by atoms with Crippen molar-refractivity contribution in [2.45, 2.75) is 36.2 Å². The van der Waals surface area contributed by atoms with Crippen LogP contribution >= 0.6 is 0 Å². The van der Waals surface area contributed by atoms with E-state index in [0.717, 1.165) is 0 Å². The molecular formula is C30H32Ge2Li2. The van der Waals surface area contributed by atoms with Crippen molar-refractivity contribution in [3.05, 3.63) is 121 Å². The number of benzene rings is 4. The van der Waals surface area contributed by atoms with Gasteiger partial charge in [-0.05, 0) is 0 Å². The van der Waals surface area contributed by atoms with Crippen LogP contribution in [0.4, 0.5) is 0 Å². The SMILES string of the molecule is [Li].[Li].c1cc[c]([Ge]([CH2]CCCC[CH2][Ge]([c]2ccccc2)[c]2ccccc2)[c]2ccccc2)cc1. The van der Waals surface area contributed by atoms with Gasteiger partial charge < -0.3 is 0 Å². The molecule has 0 unspecified atom stereocenters. The minimum absolute atomic E-state index is 0. The van der Waals surface area contributed by atoms with Gasteiger partial charge in [0.25, 0.3) is 0 Å². The van der Waals surface area contributed by atoms with Gasteiger partial charge in [-0.15, -0.1) is 0 Å². The normalized spacial score (nSPS) is 10.5. The summed E-state index contributed by atoms with van der Waals surface area (Å²) in [4.78, 5) is 0. The first-order valence-electron chi connectivity index (χ1n) is 11.8. The first-order valence-corrected chi connectivity index (χ1v) is 19.0. The Morgan fingerprint density at radius 2 is 0.559 bits per heavy atom. The van der Waals surface area contributed by atoms with Gasteiger partial charge in [-0.1, -0.05) is 0 Å². The van der Waals surface area contributed by atoms with Crippen LogP contribution in [0.2, 0.25) is 10.5 Å². The molecule has 0 aromatic heterocycles. The minimum atomic E-state index is -1.43. The maximum absolute atomic E-state index is 2.36. The molecule has 4 rings (SSSR count). The van der Waals surface area contributed by atoms with Gasteiger partial charge in [0.2, 0.25) is 0 Å². The van der Waals surface area contributed by atoms with Crippen molar-refractivity contribution in [1.82, 2.24) is 0 Å². The topological polar surface area (TPSA) is 0 Å². The van der Waals surface area contributed by atoms with Crippen LogP contribution in [0.3, 0.4) is 0 Å². The Balaban J connectivity index is 0.00000204. The second-order valence-corrected chi connectivity index (χ2v) is 19.3. The molecule has 0 spiro atoms. The molecule has 0 saturated heterocycles. The molecule has 0 bridgehead atoms. The number of rotatable bonds is 11. The summed E-state index contributed by atoms with van der Waals surface area (Å²) in [6.07, 6.45) is 5.47. The van der Waals surface area contributed by atoms with E-state index in [9.17, 15) is 0 Å². The predicted octanol–water partition coefficient (Wildman–Crippen LogP) is 4.40. The molecule has 0 fully saturated rings. The van der Waals surface area contributed by atoms with Gasteiger partial charge in [0.1, 0.15) is 0 Å². The Morgan fingerprint density at radius 1 is 0.324 bits per heavy atom. The van der Waals surface area contributed by atoms with Crippen molar-refractivity contribution < 1.29 is 0 Å². The summed E-state index contributed by atoms with van der Waals surface area (Å²) in [6, 6.07) is 45.2. The Morgan fingerprint density at radius 3 is 0.794 bits per heavy atom. The predicted molar refractivity (Wildman–Crippen MR) is 155 cm³/mol. The zero-order chi connectivity index (χ0) is 21.8. The van der Waals surface area contributed by atoms with Crippen LogP contribution in [0, 0.1) is 0 Å². The van der Waals surface area contributed by atoms with Gasteiger partial charge in [0.05, 0.1) is 0 Å². The maximum atomic E-state index is 2.36. The zero-order valence-electron chi connectivity index (χ0n) is 20.8. The van der Waals surface area contributed by atoms with Crippen molar-refractivity contribution in [1.29, 1.82) is 0 Å². The molecule has 4 aromatic carbocycles. The zero-order valence-corrected chi connectivity index (χ0v) is 25.0. The van der Waals surface area contributed by atoms with Gasteiger partial charge in [-0.2, -0.15) is 0 Å². The first kappa shape index (κ1) is 29.4. The van der Waals surface area contributed by atoms with Gasteiger partial charge in [0, 0.05) is 37.7 Å². The molecule has 4 heteroatoms. The van der Waals surface area contributed by atoms with Crippen LogP contribution in [-0.2, 0) is 0 Å². The summed E-state index contributed by atoms with van der Waals surface area (Å²) in [5.41, 5.74) is 0. The molecule has 0 saturated carbocycles. The molecular weight excluding hydrogens is 519 g/mol. The van der Waals surface area contributed by atoms with Crippen molar-refractivity contribution >= 4 is 84.0 Å². The Labute approximate surface area is 239 Å². The average Bonchev–Trinajstić information content (AvgIpc) is 2.88. The fourth-order valence-corrected chi connectivity index (χ4v) is 15.8. The summed E-state index contributed by atoms with van der Waals surface area (Å²) >= 11 is -2.87. The summed E-state index contributed by atoms with van der Waals surface area (Å²) in [6.45, 7) is 0. The van der Waals surface area contributed by atoms with Gasteiger partial charge >= 0.3 is 204 Å². The second kappa shape index (κ2) is 16.8. The van der Waals surface area contributed by atoms with Crippen molar-refractivity contribution in [2.24, 2.45) is 0 Å². The standard InChI is InChI=1S/C30H32Ge2.2Li/c1(15-25-31(27-17-7-3-8-18-27)28-19-9-4-10-20-28)2-16-26-32(29-21-11-5-12-22-29)30-23-13-6-14-24-30;;/h3-14,17-24H,1-2,15-16,25-26H2;;. The first-order chi connectivity index (χ1) is 15.9. The van der Waals surface area contributed by atoms with E-state index < -0.39 is 28.7 Å². The molecule has 34 heavy (non-hydrogen) atoms. The summed E-state index contributed by atoms with van der Waals surface area (Å²) in [5, 5.41) is 2.79. The molecule has 0 atom stereocenters. The summed E-state index contributed by atoms with van der Waals surface area (Å²) < 4.78 is 6.45. The molecule has 0 amide bonds. The summed E-state index contributed by atoms with van der Waals surface area (Å²) in [5.74, 6) is 0. The average molecular weight is 552 g/mol. The molecule has 162 valence electrons. The number of hydrogen-bond acceptors (Lipinski definition) is 0. The molecule has 0 aliphatic rings. The van der Waals surface area contributed by atoms with Crippen LogP contribution in [0.15, 0.2) is 121 Å². The van der Waals surface area contributed by atoms with Crippen molar-refractivity contribution in [2.75, 3.05) is 0 Å². The van der Waals surface area contributed by atoms with Crippen LogP contribution < -0.4 is 17.6 Å². The molecule has 0 heterocycles. The molecule has 0 aliphatic heterocycles. The third kappa shape index (κ3) is 8.99. The third-order valence-electron chi connectivity index (χ3n) is 6.09. The van der Waals surface area contributed by atoms with Crippen molar-refractivity contribution in [3.63, 3.8) is 0 Å². The summed E-state index contributed by atoms with van der Waals surface area (Å²) in [7, 11) is 0. The quantitative estimate of drug-likeness (QED) is 0.192. The molecule has 0 N–H and O–H groups in total. The monoisotopic (exact) mass is 554 g/mol. The van der Waals surface area contributed by atoms with E-state index in [-0.39, 0.29) is 37.7 Å². The Bertz CT molecular complexity index is 862. The fraction of sp³-hybridized carbons (Fsp3) is 0.200. The van der Waals surface area contributed by atoms with Crippen LogP contribution in [-0.4, -0.2) is 66.4 Å². The molecule has 4 aromatic rings. The van der Waals surface area contributed by atoms with E-state index in [0.29, 0.717) is 0 Å². The van der Waals surface area contributed by atoms with E-state index in [1.165, 1.54) is 36.2 Å². The molecule has 4 radical (unpaired) electrons. The van der Waals surface area contributed by atoms with E-state index in [2.05, 4.69) is 121 Å². The molecule has 0 nitrogen and oxygen atoms in total. The Hall–Kier alpha value is -0.839. The van der Waals surface area contributed by atoms with E-state index in [4.69, 9.17) is 0 Å². The van der Waals surface area contributed by atoms with Crippen molar-refractivity contribution in [3.8, 4) is 0 Å². The number of hydrogen-bond donors (Lipinski definition) is 0. The number of unbranched alkanes of at least 4 members (excludes halogenated alkanes) is 3.